The normalized spacial score (nSPS) is 11.0. The van der Waals surface area contributed by atoms with Crippen LogP contribution in [0.1, 0.15) is 0 Å². The van der Waals surface area contributed by atoms with Gasteiger partial charge in [0, 0.05) is 62.1 Å². The van der Waals surface area contributed by atoms with Crippen molar-refractivity contribution in [1.29, 1.82) is 0 Å². The van der Waals surface area contributed by atoms with Crippen LogP contribution in [0.3, 0.4) is 0 Å². The van der Waals surface area contributed by atoms with Gasteiger partial charge in [-0.15, -0.1) is 0 Å². The van der Waals surface area contributed by atoms with E-state index in [2.05, 4.69) is 43.9 Å². The molecule has 4 rings (SSSR count). The van der Waals surface area contributed by atoms with E-state index in [9.17, 15) is 9.90 Å². The first kappa shape index (κ1) is 24.8. The molecule has 4 aromatic rings. The second-order valence-corrected chi connectivity index (χ2v) is 8.54. The Morgan fingerprint density at radius 3 is 2.72 bits per heavy atom. The molecular weight excluding hydrogens is 453 g/mol. The number of hydrogen-bond donors (Lipinski definition) is 3. The van der Waals surface area contributed by atoms with Crippen molar-refractivity contribution in [2.24, 2.45) is 7.05 Å². The molecule has 0 fully saturated rings. The predicted molar refractivity (Wildman–Crippen MR) is 146 cm³/mol. The third-order valence-corrected chi connectivity index (χ3v) is 5.83. The number of phenols is 1. The summed E-state index contributed by atoms with van der Waals surface area (Å²) < 4.78 is 2.05. The number of benzene rings is 2. The molecule has 0 atom stereocenters. The van der Waals surface area contributed by atoms with E-state index in [0.717, 1.165) is 22.2 Å². The zero-order chi connectivity index (χ0) is 25.8. The maximum atomic E-state index is 12.1. The number of aromatic hydroxyl groups is 1. The molecule has 0 aliphatic carbocycles. The lowest BCUT2D eigenvalue weighted by atomic mass is 10.1. The number of hydrogen-bond acceptors (Lipinski definition) is 7. The predicted octanol–water partition coefficient (Wildman–Crippen LogP) is 3.66. The maximum Gasteiger partial charge on any atom is 0.247 e. The summed E-state index contributed by atoms with van der Waals surface area (Å²) in [5, 5.41) is 17.8. The molecule has 0 saturated carbocycles. The number of nitrogens with one attached hydrogen (secondary N) is 2. The molecule has 2 aromatic heterocycles. The number of carbonyl (C=O) groups excluding carboxylic acids is 1. The van der Waals surface area contributed by atoms with Gasteiger partial charge in [0.1, 0.15) is 5.75 Å². The molecule has 10 heteroatoms. The first-order valence-corrected chi connectivity index (χ1v) is 11.4. The first-order chi connectivity index (χ1) is 17.3. The van der Waals surface area contributed by atoms with Crippen molar-refractivity contribution >= 4 is 47.8 Å². The van der Waals surface area contributed by atoms with Crippen molar-refractivity contribution in [2.75, 3.05) is 42.7 Å². The topological polar surface area (TPSA) is 98.6 Å². The van der Waals surface area contributed by atoms with E-state index >= 15 is 0 Å². The van der Waals surface area contributed by atoms with Crippen LogP contribution >= 0.6 is 0 Å². The lowest BCUT2D eigenvalue weighted by Crippen LogP contribution is -2.30. The van der Waals surface area contributed by atoms with E-state index in [1.54, 1.807) is 30.2 Å². The minimum Gasteiger partial charge on any atom is -0.506 e. The highest BCUT2D eigenvalue weighted by Gasteiger charge is 2.16. The average Bonchev–Trinajstić information content (AvgIpc) is 3.21. The van der Waals surface area contributed by atoms with Crippen LogP contribution in [0.2, 0.25) is 0 Å². The van der Waals surface area contributed by atoms with Crippen LogP contribution in [0.4, 0.5) is 23.0 Å². The van der Waals surface area contributed by atoms with Crippen molar-refractivity contribution in [3.8, 4) is 17.0 Å². The largest absolute Gasteiger partial charge is 0.506 e. The number of phenolic OH excluding ortho intramolecular Hbond substituents is 1. The molecule has 1 amide bonds. The Kier molecular flexibility index (Phi) is 7.26. The number of amides is 1. The van der Waals surface area contributed by atoms with Gasteiger partial charge in [0.2, 0.25) is 11.9 Å². The summed E-state index contributed by atoms with van der Waals surface area (Å²) in [6, 6.07) is 13.2. The second kappa shape index (κ2) is 10.5. The van der Waals surface area contributed by atoms with Crippen molar-refractivity contribution < 1.29 is 9.90 Å². The van der Waals surface area contributed by atoms with E-state index in [0.29, 0.717) is 36.1 Å². The molecule has 0 spiro atoms. The summed E-state index contributed by atoms with van der Waals surface area (Å²) in [7, 11) is 11.3. The number of fused-ring (bicyclic) bond motifs is 1. The summed E-state index contributed by atoms with van der Waals surface area (Å²) in [5.74, 6) is -0.0808. The number of aryl methyl sites for hydroxylation is 1. The quantitative estimate of drug-likeness (QED) is 0.145. The Bertz CT molecular complexity index is 1420. The van der Waals surface area contributed by atoms with Crippen LogP contribution in [0.5, 0.6) is 5.75 Å². The average molecular weight is 481 g/mol. The lowest BCUT2D eigenvalue weighted by molar-refractivity contribution is -0.111. The molecule has 0 aliphatic heterocycles. The van der Waals surface area contributed by atoms with Gasteiger partial charge in [-0.1, -0.05) is 24.8 Å². The van der Waals surface area contributed by atoms with Gasteiger partial charge in [-0.3, -0.25) is 4.79 Å². The third-order valence-electron chi connectivity index (χ3n) is 5.83. The number of para-hydroxylation sites is 1. The Labute approximate surface area is 211 Å². The molecule has 0 bridgehead atoms. The van der Waals surface area contributed by atoms with Crippen molar-refractivity contribution in [2.45, 2.75) is 0 Å². The van der Waals surface area contributed by atoms with E-state index in [-0.39, 0.29) is 11.7 Å². The highest BCUT2D eigenvalue weighted by atomic mass is 16.3. The smallest absolute Gasteiger partial charge is 0.247 e. The van der Waals surface area contributed by atoms with Gasteiger partial charge in [0.05, 0.1) is 22.8 Å². The third kappa shape index (κ3) is 5.34. The SMILES string of the molecule is [B]N(C)CCN(C)c1cc(O)c(Nc2nccc(-c3cn(C)c4ccccc34)n2)cc1NC(=O)C=C. The Balaban J connectivity index is 1.67. The molecule has 0 saturated heterocycles. The summed E-state index contributed by atoms with van der Waals surface area (Å²) in [6.45, 7) is 4.68. The van der Waals surface area contributed by atoms with E-state index in [1.165, 1.54) is 6.08 Å². The maximum absolute atomic E-state index is 12.1. The fraction of sp³-hybridized carbons (Fsp3) is 0.192. The molecule has 182 valence electrons. The van der Waals surface area contributed by atoms with Gasteiger partial charge in [-0.2, -0.15) is 0 Å². The molecule has 2 heterocycles. The van der Waals surface area contributed by atoms with Gasteiger partial charge in [-0.05, 0) is 31.3 Å². The first-order valence-electron chi connectivity index (χ1n) is 11.4. The molecule has 0 unspecified atom stereocenters. The molecule has 3 N–H and O–H groups in total. The molecule has 2 aromatic carbocycles. The molecule has 0 aliphatic rings. The lowest BCUT2D eigenvalue weighted by Gasteiger charge is -2.25. The highest BCUT2D eigenvalue weighted by Crippen LogP contribution is 2.37. The van der Waals surface area contributed by atoms with Gasteiger partial charge < -0.3 is 30.0 Å². The van der Waals surface area contributed by atoms with Gasteiger partial charge >= 0.3 is 0 Å². The number of aromatic nitrogens is 3. The summed E-state index contributed by atoms with van der Waals surface area (Å²) in [4.78, 5) is 24.6. The van der Waals surface area contributed by atoms with E-state index in [1.807, 2.05) is 43.4 Å². The summed E-state index contributed by atoms with van der Waals surface area (Å²) in [6.07, 6.45) is 4.88. The number of carbonyl (C=O) groups is 1. The van der Waals surface area contributed by atoms with Crippen LogP contribution in [0.15, 0.2) is 67.5 Å². The van der Waals surface area contributed by atoms with Gasteiger partial charge in [0.15, 0.2) is 7.98 Å². The fourth-order valence-corrected chi connectivity index (χ4v) is 3.94. The van der Waals surface area contributed by atoms with Crippen LogP contribution in [0.25, 0.3) is 22.2 Å². The van der Waals surface area contributed by atoms with E-state index < -0.39 is 0 Å². The Hall–Kier alpha value is -4.31. The number of anilines is 4. The van der Waals surface area contributed by atoms with Gasteiger partial charge in [0.25, 0.3) is 0 Å². The van der Waals surface area contributed by atoms with Crippen LogP contribution < -0.4 is 15.5 Å². The molecule has 36 heavy (non-hydrogen) atoms. The molecule has 2 radical (unpaired) electrons. The van der Waals surface area contributed by atoms with Crippen molar-refractivity contribution in [3.63, 3.8) is 0 Å². The summed E-state index contributed by atoms with van der Waals surface area (Å²) in [5.41, 5.74) is 4.28. The molecular formula is C26H28BN7O2. The Morgan fingerprint density at radius 1 is 1.19 bits per heavy atom. The van der Waals surface area contributed by atoms with Crippen molar-refractivity contribution in [1.82, 2.24) is 19.3 Å². The summed E-state index contributed by atoms with van der Waals surface area (Å²) >= 11 is 0. The van der Waals surface area contributed by atoms with Crippen LogP contribution in [-0.2, 0) is 11.8 Å². The minimum atomic E-state index is -0.369. The fourth-order valence-electron chi connectivity index (χ4n) is 3.94. The monoisotopic (exact) mass is 481 g/mol. The Morgan fingerprint density at radius 2 is 1.97 bits per heavy atom. The van der Waals surface area contributed by atoms with Crippen LogP contribution in [-0.4, -0.2) is 65.5 Å². The zero-order valence-corrected chi connectivity index (χ0v) is 20.6. The van der Waals surface area contributed by atoms with Crippen LogP contribution in [0, 0.1) is 0 Å². The van der Waals surface area contributed by atoms with E-state index in [4.69, 9.17) is 7.98 Å². The molecule has 9 nitrogen and oxygen atoms in total. The second-order valence-electron chi connectivity index (χ2n) is 8.54. The number of likely N-dealkylation sites (N-methyl/N-ethyl adjacent to an activating group) is 2. The standard InChI is InChI=1S/C26H28BN7O2/c1-5-25(36)29-20-14-21(24(35)15-23(20)32(2)12-13-34(4)27)31-26-28-11-10-19(30-26)18-16-33(3)22-9-7-6-8-17(18)22/h5-11,14-16,35H,1,12-13H2,2-4H3,(H,29,36)(H,28,30,31). The number of nitrogens with zero attached hydrogens (tertiary/aromatic N) is 5. The number of rotatable bonds is 9. The highest BCUT2D eigenvalue weighted by molar-refractivity contribution is 6.04. The minimum absolute atomic E-state index is 0.0197. The zero-order valence-electron chi connectivity index (χ0n) is 20.6. The van der Waals surface area contributed by atoms with Gasteiger partial charge in [-0.25, -0.2) is 9.97 Å². The van der Waals surface area contributed by atoms with Crippen molar-refractivity contribution in [3.05, 3.63) is 67.5 Å².